The van der Waals surface area contributed by atoms with Gasteiger partial charge in [0.2, 0.25) is 0 Å². The average molecular weight is 262 g/mol. The summed E-state index contributed by atoms with van der Waals surface area (Å²) in [6.07, 6.45) is 0. The maximum absolute atomic E-state index is 8.89. The molecule has 0 atom stereocenters. The number of aromatic nitrogens is 1. The van der Waals surface area contributed by atoms with Gasteiger partial charge in [0, 0.05) is 7.05 Å². The highest BCUT2D eigenvalue weighted by molar-refractivity contribution is 6.29. The molecule has 0 unspecified atom stereocenters. The Balaban J connectivity index is 2.21. The van der Waals surface area contributed by atoms with Gasteiger partial charge in [-0.3, -0.25) is 0 Å². The summed E-state index contributed by atoms with van der Waals surface area (Å²) in [6, 6.07) is 9.12. The van der Waals surface area contributed by atoms with Crippen LogP contribution in [0.15, 0.2) is 28.7 Å². The fourth-order valence-corrected chi connectivity index (χ4v) is 1.83. The summed E-state index contributed by atoms with van der Waals surface area (Å²) in [5, 5.41) is 9.20. The summed E-state index contributed by atoms with van der Waals surface area (Å²) in [4.78, 5) is 6.06. The van der Waals surface area contributed by atoms with Crippen molar-refractivity contribution < 1.29 is 4.42 Å². The number of anilines is 1. The zero-order valence-corrected chi connectivity index (χ0v) is 10.9. The van der Waals surface area contributed by atoms with Gasteiger partial charge in [-0.1, -0.05) is 11.6 Å². The van der Waals surface area contributed by atoms with Crippen LogP contribution in [0.5, 0.6) is 0 Å². The van der Waals surface area contributed by atoms with E-state index in [1.807, 2.05) is 31.0 Å². The SMILES string of the molecule is Cc1ccc(CN(C)c2cc(C#N)cc(Cl)n2)o1. The average Bonchev–Trinajstić information content (AvgIpc) is 2.73. The number of halogens is 1. The van der Waals surface area contributed by atoms with Crippen molar-refractivity contribution in [3.05, 3.63) is 46.5 Å². The lowest BCUT2D eigenvalue weighted by Gasteiger charge is -2.17. The molecule has 0 saturated heterocycles. The Kier molecular flexibility index (Phi) is 3.54. The minimum absolute atomic E-state index is 0.312. The molecule has 0 N–H and O–H groups in total. The van der Waals surface area contributed by atoms with E-state index in [1.54, 1.807) is 6.07 Å². The summed E-state index contributed by atoms with van der Waals surface area (Å²) in [5.41, 5.74) is 0.493. The van der Waals surface area contributed by atoms with E-state index in [1.165, 1.54) is 6.07 Å². The van der Waals surface area contributed by atoms with Gasteiger partial charge in [0.25, 0.3) is 0 Å². The van der Waals surface area contributed by atoms with Gasteiger partial charge in [-0.05, 0) is 31.2 Å². The van der Waals surface area contributed by atoms with E-state index in [0.717, 1.165) is 11.5 Å². The maximum Gasteiger partial charge on any atom is 0.132 e. The largest absolute Gasteiger partial charge is 0.464 e. The number of hydrogen-bond donors (Lipinski definition) is 0. The third-order valence-electron chi connectivity index (χ3n) is 2.49. The highest BCUT2D eigenvalue weighted by Gasteiger charge is 2.08. The normalized spacial score (nSPS) is 10.1. The first-order valence-corrected chi connectivity index (χ1v) is 5.80. The first-order valence-electron chi connectivity index (χ1n) is 5.42. The van der Waals surface area contributed by atoms with Crippen molar-refractivity contribution in [3.63, 3.8) is 0 Å². The van der Waals surface area contributed by atoms with Crippen LogP contribution in [0.2, 0.25) is 5.15 Å². The number of furan rings is 1. The Morgan fingerprint density at radius 3 is 2.83 bits per heavy atom. The second kappa shape index (κ2) is 5.11. The first-order chi connectivity index (χ1) is 8.58. The van der Waals surface area contributed by atoms with Crippen molar-refractivity contribution in [1.82, 2.24) is 4.98 Å². The Hall–Kier alpha value is -1.99. The molecule has 2 aromatic rings. The topological polar surface area (TPSA) is 53.1 Å². The van der Waals surface area contributed by atoms with Crippen molar-refractivity contribution in [2.75, 3.05) is 11.9 Å². The van der Waals surface area contributed by atoms with E-state index < -0.39 is 0 Å². The highest BCUT2D eigenvalue weighted by Crippen LogP contribution is 2.19. The van der Waals surface area contributed by atoms with Crippen LogP contribution in [0.4, 0.5) is 5.82 Å². The molecule has 2 rings (SSSR count). The monoisotopic (exact) mass is 261 g/mol. The zero-order valence-electron chi connectivity index (χ0n) is 10.1. The Labute approximate surface area is 110 Å². The second-order valence-corrected chi connectivity index (χ2v) is 4.40. The maximum atomic E-state index is 8.89. The van der Waals surface area contributed by atoms with Crippen LogP contribution in [0.1, 0.15) is 17.1 Å². The lowest BCUT2D eigenvalue weighted by atomic mass is 10.3. The van der Waals surface area contributed by atoms with Crippen LogP contribution in [0.3, 0.4) is 0 Å². The fourth-order valence-electron chi connectivity index (χ4n) is 1.63. The molecule has 0 aromatic carbocycles. The number of hydrogen-bond acceptors (Lipinski definition) is 4. The zero-order chi connectivity index (χ0) is 13.1. The van der Waals surface area contributed by atoms with E-state index >= 15 is 0 Å². The quantitative estimate of drug-likeness (QED) is 0.797. The first kappa shape index (κ1) is 12.5. The molecule has 4 nitrogen and oxygen atoms in total. The molecule has 2 heterocycles. The predicted octanol–water partition coefficient (Wildman–Crippen LogP) is 3.14. The van der Waals surface area contributed by atoms with Gasteiger partial charge in [0.15, 0.2) is 0 Å². The molecule has 0 aliphatic heterocycles. The Morgan fingerprint density at radius 2 is 2.22 bits per heavy atom. The summed E-state index contributed by atoms with van der Waals surface area (Å²) in [7, 11) is 1.87. The molecule has 92 valence electrons. The van der Waals surface area contributed by atoms with E-state index in [9.17, 15) is 0 Å². The minimum Gasteiger partial charge on any atom is -0.464 e. The molecule has 2 aromatic heterocycles. The fraction of sp³-hybridized carbons (Fsp3) is 0.231. The van der Waals surface area contributed by atoms with Gasteiger partial charge in [-0.25, -0.2) is 4.98 Å². The van der Waals surface area contributed by atoms with Crippen LogP contribution in [-0.4, -0.2) is 12.0 Å². The van der Waals surface area contributed by atoms with Crippen LogP contribution in [-0.2, 0) is 6.54 Å². The van der Waals surface area contributed by atoms with Crippen molar-refractivity contribution in [3.8, 4) is 6.07 Å². The van der Waals surface area contributed by atoms with E-state index in [-0.39, 0.29) is 0 Å². The number of nitrogens with zero attached hydrogens (tertiary/aromatic N) is 3. The van der Waals surface area contributed by atoms with Gasteiger partial charge in [-0.15, -0.1) is 0 Å². The van der Waals surface area contributed by atoms with Gasteiger partial charge >= 0.3 is 0 Å². The van der Waals surface area contributed by atoms with Gasteiger partial charge in [0.1, 0.15) is 22.5 Å². The van der Waals surface area contributed by atoms with E-state index in [2.05, 4.69) is 11.1 Å². The van der Waals surface area contributed by atoms with Crippen molar-refractivity contribution >= 4 is 17.4 Å². The third-order valence-corrected chi connectivity index (χ3v) is 2.68. The van der Waals surface area contributed by atoms with Crippen molar-refractivity contribution in [2.45, 2.75) is 13.5 Å². The summed E-state index contributed by atoms with van der Waals surface area (Å²) in [6.45, 7) is 2.47. The molecule has 18 heavy (non-hydrogen) atoms. The lowest BCUT2D eigenvalue weighted by Crippen LogP contribution is -2.17. The Morgan fingerprint density at radius 1 is 1.44 bits per heavy atom. The number of pyridine rings is 1. The standard InChI is InChI=1S/C13H12ClN3O/c1-9-3-4-11(18-9)8-17(2)13-6-10(7-15)5-12(14)16-13/h3-6H,8H2,1-2H3. The molecular formula is C13H12ClN3O. The van der Waals surface area contributed by atoms with Crippen molar-refractivity contribution in [1.29, 1.82) is 5.26 Å². The second-order valence-electron chi connectivity index (χ2n) is 4.02. The molecular weight excluding hydrogens is 250 g/mol. The predicted molar refractivity (Wildman–Crippen MR) is 69.5 cm³/mol. The molecule has 0 radical (unpaired) electrons. The third kappa shape index (κ3) is 2.82. The summed E-state index contributed by atoms with van der Waals surface area (Å²) >= 11 is 5.87. The Bertz CT molecular complexity index is 601. The van der Waals surface area contributed by atoms with Gasteiger partial charge < -0.3 is 9.32 Å². The van der Waals surface area contributed by atoms with Gasteiger partial charge in [-0.2, -0.15) is 5.26 Å². The smallest absolute Gasteiger partial charge is 0.132 e. The molecule has 0 saturated carbocycles. The molecule has 0 aliphatic rings. The molecule has 0 fully saturated rings. The number of aryl methyl sites for hydroxylation is 1. The van der Waals surface area contributed by atoms with Crippen LogP contribution >= 0.6 is 11.6 Å². The molecule has 0 aliphatic carbocycles. The van der Waals surface area contributed by atoms with Gasteiger partial charge in [0.05, 0.1) is 18.2 Å². The summed E-state index contributed by atoms with van der Waals surface area (Å²) < 4.78 is 5.50. The summed E-state index contributed by atoms with van der Waals surface area (Å²) in [5.74, 6) is 2.36. The number of nitriles is 1. The molecule has 5 heteroatoms. The van der Waals surface area contributed by atoms with Crippen LogP contribution in [0.25, 0.3) is 0 Å². The van der Waals surface area contributed by atoms with Crippen LogP contribution in [0, 0.1) is 18.3 Å². The molecule has 0 amide bonds. The minimum atomic E-state index is 0.312. The van der Waals surface area contributed by atoms with Crippen LogP contribution < -0.4 is 4.90 Å². The van der Waals surface area contributed by atoms with Crippen molar-refractivity contribution in [2.24, 2.45) is 0 Å². The van der Waals surface area contributed by atoms with E-state index in [4.69, 9.17) is 21.3 Å². The molecule has 0 bridgehead atoms. The molecule has 0 spiro atoms. The highest BCUT2D eigenvalue weighted by atomic mass is 35.5. The van der Waals surface area contributed by atoms with E-state index in [0.29, 0.717) is 23.1 Å². The lowest BCUT2D eigenvalue weighted by molar-refractivity contribution is 0.481. The number of rotatable bonds is 3.